The molecule has 0 fully saturated rings. The van der Waals surface area contributed by atoms with Crippen LogP contribution in [0.15, 0.2) is 23.4 Å². The van der Waals surface area contributed by atoms with E-state index in [0.717, 1.165) is 0 Å². The zero-order valence-corrected chi connectivity index (χ0v) is 12.2. The summed E-state index contributed by atoms with van der Waals surface area (Å²) in [7, 11) is -1.33. The van der Waals surface area contributed by atoms with Crippen molar-refractivity contribution in [2.24, 2.45) is 10.9 Å². The third kappa shape index (κ3) is 4.60. The normalized spacial score (nSPS) is 12.5. The van der Waals surface area contributed by atoms with E-state index in [0.29, 0.717) is 22.8 Å². The van der Waals surface area contributed by atoms with Crippen LogP contribution in [-0.4, -0.2) is 45.1 Å². The lowest BCUT2D eigenvalue weighted by Gasteiger charge is -2.21. The van der Waals surface area contributed by atoms with E-state index in [1.54, 1.807) is 30.1 Å². The number of anilines is 1. The first kappa shape index (κ1) is 15.6. The number of amidine groups is 1. The molecule has 0 bridgehead atoms. The van der Waals surface area contributed by atoms with Crippen molar-refractivity contribution in [2.75, 3.05) is 30.5 Å². The topological polar surface area (TPSA) is 96.0 Å². The van der Waals surface area contributed by atoms with Crippen molar-refractivity contribution in [2.45, 2.75) is 0 Å². The molecule has 19 heavy (non-hydrogen) atoms. The van der Waals surface area contributed by atoms with Gasteiger partial charge in [0.2, 0.25) is 0 Å². The Balaban J connectivity index is 3.06. The number of oxime groups is 1. The van der Waals surface area contributed by atoms with Gasteiger partial charge in [-0.2, -0.15) is 0 Å². The largest absolute Gasteiger partial charge is 0.409 e. The summed E-state index contributed by atoms with van der Waals surface area (Å²) < 4.78 is 22.3. The van der Waals surface area contributed by atoms with Gasteiger partial charge in [-0.05, 0) is 18.2 Å². The van der Waals surface area contributed by atoms with Gasteiger partial charge < -0.3 is 15.8 Å². The third-order valence-electron chi connectivity index (χ3n) is 2.55. The van der Waals surface area contributed by atoms with Gasteiger partial charge in [0.25, 0.3) is 0 Å². The second kappa shape index (κ2) is 6.12. The lowest BCUT2D eigenvalue weighted by atomic mass is 10.1. The molecule has 0 aliphatic rings. The van der Waals surface area contributed by atoms with E-state index in [4.69, 9.17) is 22.5 Å². The smallest absolute Gasteiger partial charge is 0.172 e. The SMILES string of the molecule is CN(CCS(C)(=O)=O)c1ccc(Cl)cc1C(N)=NO. The van der Waals surface area contributed by atoms with Crippen LogP contribution < -0.4 is 10.6 Å². The van der Waals surface area contributed by atoms with E-state index in [9.17, 15) is 8.42 Å². The molecule has 0 aliphatic carbocycles. The number of hydrogen-bond acceptors (Lipinski definition) is 5. The second-order valence-corrected chi connectivity index (χ2v) is 6.89. The van der Waals surface area contributed by atoms with Crippen LogP contribution in [0.2, 0.25) is 5.02 Å². The fraction of sp³-hybridized carbons (Fsp3) is 0.364. The maximum atomic E-state index is 11.2. The first-order chi connectivity index (χ1) is 8.74. The number of sulfone groups is 1. The molecule has 0 saturated carbocycles. The Morgan fingerprint density at radius 2 is 2.16 bits per heavy atom. The Kier molecular flexibility index (Phi) is 5.02. The molecule has 0 heterocycles. The van der Waals surface area contributed by atoms with Gasteiger partial charge in [0.05, 0.1) is 5.75 Å². The maximum Gasteiger partial charge on any atom is 0.172 e. The molecule has 0 aliphatic heterocycles. The summed E-state index contributed by atoms with van der Waals surface area (Å²) in [4.78, 5) is 1.71. The molecule has 0 unspecified atom stereocenters. The molecule has 3 N–H and O–H groups in total. The number of nitrogens with two attached hydrogens (primary N) is 1. The van der Waals surface area contributed by atoms with Gasteiger partial charge in [0.15, 0.2) is 5.84 Å². The van der Waals surface area contributed by atoms with Crippen molar-refractivity contribution in [3.8, 4) is 0 Å². The van der Waals surface area contributed by atoms with Crippen molar-refractivity contribution in [3.63, 3.8) is 0 Å². The first-order valence-electron chi connectivity index (χ1n) is 5.41. The number of hydrogen-bond donors (Lipinski definition) is 2. The molecule has 0 spiro atoms. The third-order valence-corrected chi connectivity index (χ3v) is 3.71. The van der Waals surface area contributed by atoms with Gasteiger partial charge in [-0.3, -0.25) is 0 Å². The molecular formula is C11H16ClN3O3S. The average molecular weight is 306 g/mol. The van der Waals surface area contributed by atoms with Crippen LogP contribution in [-0.2, 0) is 9.84 Å². The van der Waals surface area contributed by atoms with Crippen LogP contribution in [0.5, 0.6) is 0 Å². The zero-order valence-electron chi connectivity index (χ0n) is 10.7. The quantitative estimate of drug-likeness (QED) is 0.365. The summed E-state index contributed by atoms with van der Waals surface area (Å²) in [6, 6.07) is 4.91. The molecule has 0 saturated heterocycles. The van der Waals surface area contributed by atoms with Crippen molar-refractivity contribution in [1.29, 1.82) is 0 Å². The molecule has 1 aromatic rings. The van der Waals surface area contributed by atoms with E-state index in [1.807, 2.05) is 0 Å². The second-order valence-electron chi connectivity index (χ2n) is 4.20. The minimum atomic E-state index is -3.05. The molecule has 0 amide bonds. The molecule has 8 heteroatoms. The number of rotatable bonds is 5. The van der Waals surface area contributed by atoms with Gasteiger partial charge >= 0.3 is 0 Å². The van der Waals surface area contributed by atoms with Gasteiger partial charge in [0.1, 0.15) is 9.84 Å². The predicted octanol–water partition coefficient (Wildman–Crippen LogP) is 0.915. The minimum absolute atomic E-state index is 0.0156. The highest BCUT2D eigenvalue weighted by Crippen LogP contribution is 2.23. The standard InChI is InChI=1S/C11H16ClN3O3S/c1-15(5-6-19(2,17)18)10-4-3-8(12)7-9(10)11(13)14-16/h3-4,7,16H,5-6H2,1-2H3,(H2,13,14). The van der Waals surface area contributed by atoms with Gasteiger partial charge in [-0.15, -0.1) is 0 Å². The van der Waals surface area contributed by atoms with Crippen LogP contribution in [0, 0.1) is 0 Å². The summed E-state index contributed by atoms with van der Waals surface area (Å²) in [5.74, 6) is -0.0643. The molecular weight excluding hydrogens is 290 g/mol. The van der Waals surface area contributed by atoms with Crippen LogP contribution in [0.1, 0.15) is 5.56 Å². The fourth-order valence-corrected chi connectivity index (χ4v) is 2.30. The summed E-state index contributed by atoms with van der Waals surface area (Å²) >= 11 is 5.87. The van der Waals surface area contributed by atoms with Crippen molar-refractivity contribution < 1.29 is 13.6 Å². The van der Waals surface area contributed by atoms with E-state index in [-0.39, 0.29) is 11.6 Å². The maximum absolute atomic E-state index is 11.2. The zero-order chi connectivity index (χ0) is 14.6. The Bertz CT molecular complexity index is 587. The van der Waals surface area contributed by atoms with Crippen molar-refractivity contribution in [1.82, 2.24) is 0 Å². The minimum Gasteiger partial charge on any atom is -0.409 e. The first-order valence-corrected chi connectivity index (χ1v) is 7.85. The summed E-state index contributed by atoms with van der Waals surface area (Å²) in [5.41, 5.74) is 6.67. The molecule has 6 nitrogen and oxygen atoms in total. The monoisotopic (exact) mass is 305 g/mol. The van der Waals surface area contributed by atoms with Gasteiger partial charge in [0, 0.05) is 36.1 Å². The Morgan fingerprint density at radius 1 is 1.53 bits per heavy atom. The molecule has 1 rings (SSSR count). The Morgan fingerprint density at radius 3 is 2.68 bits per heavy atom. The predicted molar refractivity (Wildman–Crippen MR) is 76.9 cm³/mol. The van der Waals surface area contributed by atoms with Crippen LogP contribution in [0.25, 0.3) is 0 Å². The van der Waals surface area contributed by atoms with Crippen molar-refractivity contribution >= 4 is 33.0 Å². The van der Waals surface area contributed by atoms with E-state index in [2.05, 4.69) is 5.16 Å². The highest BCUT2D eigenvalue weighted by atomic mass is 35.5. The molecule has 1 aromatic carbocycles. The number of halogens is 1. The van der Waals surface area contributed by atoms with Gasteiger partial charge in [-0.1, -0.05) is 16.8 Å². The van der Waals surface area contributed by atoms with E-state index in [1.165, 1.54) is 6.26 Å². The van der Waals surface area contributed by atoms with Crippen molar-refractivity contribution in [3.05, 3.63) is 28.8 Å². The highest BCUT2D eigenvalue weighted by Gasteiger charge is 2.13. The van der Waals surface area contributed by atoms with Crippen LogP contribution >= 0.6 is 11.6 Å². The number of nitrogens with zero attached hydrogens (tertiary/aromatic N) is 2. The van der Waals surface area contributed by atoms with E-state index >= 15 is 0 Å². The average Bonchev–Trinajstić information content (AvgIpc) is 2.34. The summed E-state index contributed by atoms with van der Waals surface area (Å²) in [6.07, 6.45) is 1.17. The fourth-order valence-electron chi connectivity index (χ4n) is 1.52. The molecule has 0 atom stereocenters. The Hall–Kier alpha value is -1.47. The molecule has 0 radical (unpaired) electrons. The summed E-state index contributed by atoms with van der Waals surface area (Å²) in [5, 5.41) is 12.1. The number of benzene rings is 1. The Labute approximate surface area is 117 Å². The molecule has 0 aromatic heterocycles. The lowest BCUT2D eigenvalue weighted by Crippen LogP contribution is -2.27. The lowest BCUT2D eigenvalue weighted by molar-refractivity contribution is 0.318. The summed E-state index contributed by atoms with van der Waals surface area (Å²) in [6.45, 7) is 0.298. The van der Waals surface area contributed by atoms with Crippen LogP contribution in [0.3, 0.4) is 0 Å². The van der Waals surface area contributed by atoms with Crippen LogP contribution in [0.4, 0.5) is 5.69 Å². The molecule has 106 valence electrons. The highest BCUT2D eigenvalue weighted by molar-refractivity contribution is 7.90. The van der Waals surface area contributed by atoms with E-state index < -0.39 is 9.84 Å². The van der Waals surface area contributed by atoms with Gasteiger partial charge in [-0.25, -0.2) is 8.42 Å².